The minimum atomic E-state index is -6.11. The lowest BCUT2D eigenvalue weighted by atomic mass is 9.93. The van der Waals surface area contributed by atoms with E-state index in [-0.39, 0.29) is 11.1 Å². The van der Waals surface area contributed by atoms with Crippen molar-refractivity contribution < 1.29 is 12.3 Å². The summed E-state index contributed by atoms with van der Waals surface area (Å²) < 4.78 is 43.1. The van der Waals surface area contributed by atoms with E-state index in [2.05, 4.69) is 0 Å². The van der Waals surface area contributed by atoms with Crippen LogP contribution in [-0.4, -0.2) is 9.08 Å². The van der Waals surface area contributed by atoms with Crippen molar-refractivity contribution in [3.8, 4) is 33.4 Å². The third-order valence-corrected chi connectivity index (χ3v) is 5.80. The zero-order valence-electron chi connectivity index (χ0n) is 14.9. The molecule has 0 nitrogen and oxygen atoms in total. The average Bonchev–Trinajstić information content (AvgIpc) is 2.74. The fourth-order valence-corrected chi connectivity index (χ4v) is 4.48. The van der Waals surface area contributed by atoms with Gasteiger partial charge in [0.2, 0.25) is 0 Å². The van der Waals surface area contributed by atoms with Crippen LogP contribution in [0.5, 0.6) is 0 Å². The Kier molecular flexibility index (Phi) is 4.88. The molecule has 0 radical (unpaired) electrons. The molecule has 0 aromatic heterocycles. The van der Waals surface area contributed by atoms with Crippen molar-refractivity contribution in [2.24, 2.45) is 0 Å². The average molecular weight is 390 g/mol. The Morgan fingerprint density at radius 2 is 0.786 bits per heavy atom. The Balaban J connectivity index is 2.08. The van der Waals surface area contributed by atoms with Crippen LogP contribution in [0, 0.1) is 0 Å². The molecule has 0 aliphatic rings. The normalized spacial score (nSPS) is 11.4. The molecule has 0 fully saturated rings. The summed E-state index contributed by atoms with van der Waals surface area (Å²) in [5, 5.41) is -0.468. The molecule has 0 amide bonds. The fourth-order valence-electron chi connectivity index (χ4n) is 3.44. The van der Waals surface area contributed by atoms with Gasteiger partial charge in [0.1, 0.15) is 0 Å². The minimum Gasteiger partial charge on any atom is -0.234 e. The molecule has 0 N–H and O–H groups in total. The molecule has 0 heterocycles. The first-order valence-electron chi connectivity index (χ1n) is 8.95. The molecule has 0 atom stereocenters. The molecular formula is C24H17F3Si. The first-order valence-corrected chi connectivity index (χ1v) is 10.6. The molecule has 0 saturated heterocycles. The van der Waals surface area contributed by atoms with Crippen LogP contribution >= 0.6 is 0 Å². The van der Waals surface area contributed by atoms with Gasteiger partial charge in [-0.2, -0.15) is 0 Å². The van der Waals surface area contributed by atoms with Crippen molar-refractivity contribution in [1.29, 1.82) is 0 Å². The van der Waals surface area contributed by atoms with Crippen molar-refractivity contribution in [3.63, 3.8) is 0 Å². The number of halogens is 3. The van der Waals surface area contributed by atoms with Crippen molar-refractivity contribution in [3.05, 3.63) is 103 Å². The summed E-state index contributed by atoms with van der Waals surface area (Å²) in [6, 6.07) is 30.5. The number of rotatable bonds is 4. The second kappa shape index (κ2) is 7.48. The van der Waals surface area contributed by atoms with Crippen LogP contribution in [0.3, 0.4) is 0 Å². The third-order valence-electron chi connectivity index (χ3n) is 4.70. The summed E-state index contributed by atoms with van der Waals surface area (Å²) in [4.78, 5) is 0. The molecule has 28 heavy (non-hydrogen) atoms. The Morgan fingerprint density at radius 1 is 0.429 bits per heavy atom. The van der Waals surface area contributed by atoms with E-state index in [0.717, 1.165) is 11.1 Å². The number of hydrogen-bond acceptors (Lipinski definition) is 0. The van der Waals surface area contributed by atoms with Crippen LogP contribution in [0.1, 0.15) is 0 Å². The Hall–Kier alpha value is -3.11. The molecule has 0 spiro atoms. The highest BCUT2D eigenvalue weighted by Gasteiger charge is 2.44. The summed E-state index contributed by atoms with van der Waals surface area (Å²) in [7, 11) is -6.11. The van der Waals surface area contributed by atoms with Gasteiger partial charge in [-0.25, -0.2) is 12.3 Å². The van der Waals surface area contributed by atoms with Gasteiger partial charge in [-0.3, -0.25) is 0 Å². The van der Waals surface area contributed by atoms with Gasteiger partial charge in [-0.15, -0.1) is 0 Å². The van der Waals surface area contributed by atoms with E-state index >= 15 is 0 Å². The predicted molar refractivity (Wildman–Crippen MR) is 111 cm³/mol. The standard InChI is InChI=1S/C24H17F3Si/c25-28(26,27)24-22(19-12-6-2-7-13-19)16-21(18-10-4-1-5-11-18)17-23(24)20-14-8-3-9-15-20/h1-17H. The molecule has 4 heteroatoms. The second-order valence-corrected chi connectivity index (χ2v) is 8.04. The molecule has 4 rings (SSSR count). The van der Waals surface area contributed by atoms with E-state index < -0.39 is 14.3 Å². The lowest BCUT2D eigenvalue weighted by molar-refractivity contribution is 0.501. The largest absolute Gasteiger partial charge is 0.654 e. The van der Waals surface area contributed by atoms with E-state index in [9.17, 15) is 12.3 Å². The summed E-state index contributed by atoms with van der Waals surface area (Å²) >= 11 is 0. The number of hydrogen-bond donors (Lipinski definition) is 0. The van der Waals surface area contributed by atoms with E-state index in [1.54, 1.807) is 60.7 Å². The second-order valence-electron chi connectivity index (χ2n) is 6.54. The van der Waals surface area contributed by atoms with E-state index in [4.69, 9.17) is 0 Å². The van der Waals surface area contributed by atoms with Crippen LogP contribution in [0.25, 0.3) is 33.4 Å². The van der Waals surface area contributed by atoms with Gasteiger partial charge in [0.25, 0.3) is 0 Å². The van der Waals surface area contributed by atoms with Gasteiger partial charge in [0.15, 0.2) is 0 Å². The summed E-state index contributed by atoms with van der Waals surface area (Å²) in [5.41, 5.74) is 3.34. The van der Waals surface area contributed by atoms with Crippen molar-refractivity contribution in [2.45, 2.75) is 0 Å². The highest BCUT2D eigenvalue weighted by atomic mass is 28.5. The van der Waals surface area contributed by atoms with Gasteiger partial charge in [-0.05, 0) is 45.5 Å². The lowest BCUT2D eigenvalue weighted by Crippen LogP contribution is -2.37. The fraction of sp³-hybridized carbons (Fsp3) is 0. The molecule has 0 aliphatic heterocycles. The summed E-state index contributed by atoms with van der Waals surface area (Å²) in [5.74, 6) is 0. The molecule has 0 unspecified atom stereocenters. The van der Waals surface area contributed by atoms with Crippen LogP contribution in [0.2, 0.25) is 0 Å². The molecule has 0 bridgehead atoms. The SMILES string of the molecule is F[Si](F)(F)c1c(-c2ccccc2)cc(-c2ccccc2)cc1-c1ccccc1. The van der Waals surface area contributed by atoms with Gasteiger partial charge in [-0.1, -0.05) is 91.0 Å². The zero-order valence-corrected chi connectivity index (χ0v) is 15.9. The smallest absolute Gasteiger partial charge is 0.234 e. The minimum absolute atomic E-state index is 0.250. The quantitative estimate of drug-likeness (QED) is 0.267. The Bertz CT molecular complexity index is 1010. The highest BCUT2D eigenvalue weighted by Crippen LogP contribution is 2.34. The van der Waals surface area contributed by atoms with Crippen LogP contribution in [-0.2, 0) is 0 Å². The van der Waals surface area contributed by atoms with Gasteiger partial charge < -0.3 is 0 Å². The Morgan fingerprint density at radius 3 is 1.14 bits per heavy atom. The maximum absolute atomic E-state index is 14.4. The van der Waals surface area contributed by atoms with Crippen LogP contribution in [0.4, 0.5) is 12.3 Å². The zero-order chi connectivity index (χ0) is 19.6. The molecule has 138 valence electrons. The summed E-state index contributed by atoms with van der Waals surface area (Å²) in [6.07, 6.45) is 0. The summed E-state index contributed by atoms with van der Waals surface area (Å²) in [6.45, 7) is 0. The van der Waals surface area contributed by atoms with E-state index in [0.29, 0.717) is 11.1 Å². The van der Waals surface area contributed by atoms with Gasteiger partial charge in [0, 0.05) is 5.19 Å². The third kappa shape index (κ3) is 3.64. The van der Waals surface area contributed by atoms with Crippen molar-refractivity contribution in [1.82, 2.24) is 0 Å². The van der Waals surface area contributed by atoms with Gasteiger partial charge in [0.05, 0.1) is 0 Å². The molecule has 4 aromatic rings. The lowest BCUT2D eigenvalue weighted by Gasteiger charge is -2.19. The van der Waals surface area contributed by atoms with E-state index in [1.165, 1.54) is 0 Å². The maximum atomic E-state index is 14.4. The maximum Gasteiger partial charge on any atom is 0.654 e. The topological polar surface area (TPSA) is 0 Å². The first kappa shape index (κ1) is 18.3. The first-order chi connectivity index (χ1) is 13.5. The molecule has 0 aliphatic carbocycles. The van der Waals surface area contributed by atoms with Gasteiger partial charge >= 0.3 is 9.08 Å². The number of benzene rings is 4. The molecular weight excluding hydrogens is 373 g/mol. The van der Waals surface area contributed by atoms with Crippen molar-refractivity contribution in [2.75, 3.05) is 0 Å². The van der Waals surface area contributed by atoms with Crippen molar-refractivity contribution >= 4 is 14.3 Å². The van der Waals surface area contributed by atoms with Crippen LogP contribution in [0.15, 0.2) is 103 Å². The van der Waals surface area contributed by atoms with E-state index in [1.807, 2.05) is 42.5 Å². The Labute approximate surface area is 163 Å². The predicted octanol–water partition coefficient (Wildman–Crippen LogP) is 6.74. The molecule has 0 saturated carbocycles. The highest BCUT2D eigenvalue weighted by molar-refractivity contribution is 6.76. The van der Waals surface area contributed by atoms with Crippen LogP contribution < -0.4 is 5.19 Å². The molecule has 4 aromatic carbocycles. The monoisotopic (exact) mass is 390 g/mol.